The van der Waals surface area contributed by atoms with Crippen molar-refractivity contribution in [3.63, 3.8) is 0 Å². The van der Waals surface area contributed by atoms with E-state index in [0.717, 1.165) is 16.8 Å². The van der Waals surface area contributed by atoms with Crippen molar-refractivity contribution in [1.82, 2.24) is 4.53 Å². The van der Waals surface area contributed by atoms with Gasteiger partial charge in [-0.2, -0.15) is 0 Å². The van der Waals surface area contributed by atoms with Crippen LogP contribution in [0.4, 0.5) is 10.1 Å². The lowest BCUT2D eigenvalue weighted by molar-refractivity contribution is 0.415. The Morgan fingerprint density at radius 2 is 1.84 bits per heavy atom. The van der Waals surface area contributed by atoms with Gasteiger partial charge in [0.25, 0.3) is 0 Å². The smallest absolute Gasteiger partial charge is 0.125 e. The molecule has 0 aromatic heterocycles. The van der Waals surface area contributed by atoms with Crippen LogP contribution in [0.3, 0.4) is 0 Å². The van der Waals surface area contributed by atoms with E-state index < -0.39 is 0 Å². The number of nitrogens with zero attached hydrogens (tertiary/aromatic N) is 2. The number of rotatable bonds is 1. The minimum absolute atomic E-state index is 0.192. The van der Waals surface area contributed by atoms with Crippen LogP contribution in [0.25, 0.3) is 0 Å². The maximum absolute atomic E-state index is 13.3. The summed E-state index contributed by atoms with van der Waals surface area (Å²) in [6.45, 7) is 0. The second kappa shape index (κ2) is 4.40. The molecule has 19 heavy (non-hydrogen) atoms. The average Bonchev–Trinajstić information content (AvgIpc) is 2.64. The summed E-state index contributed by atoms with van der Waals surface area (Å²) >= 11 is 6.29. The summed E-state index contributed by atoms with van der Waals surface area (Å²) in [5, 5.41) is 11.0. The third-order valence-corrected chi connectivity index (χ3v) is 3.77. The number of phenolic OH excluding ortho intramolecular Hbond substituents is 1. The number of hydrogen-bond donors (Lipinski definition) is 1. The first-order valence-electron chi connectivity index (χ1n) is 5.85. The molecular formula is C14H12ClFN2O. The van der Waals surface area contributed by atoms with Gasteiger partial charge in [-0.1, -0.05) is 18.2 Å². The van der Waals surface area contributed by atoms with E-state index in [0.29, 0.717) is 0 Å². The first-order chi connectivity index (χ1) is 9.08. The van der Waals surface area contributed by atoms with Crippen LogP contribution in [0.15, 0.2) is 42.5 Å². The van der Waals surface area contributed by atoms with Crippen molar-refractivity contribution in [2.45, 2.75) is 6.04 Å². The molecule has 1 N–H and O–H groups in total. The summed E-state index contributed by atoms with van der Waals surface area (Å²) in [4.78, 5) is 0. The largest absolute Gasteiger partial charge is 0.508 e. The number of hydrazine groups is 1. The van der Waals surface area contributed by atoms with E-state index in [2.05, 4.69) is 0 Å². The Labute approximate surface area is 115 Å². The number of phenols is 1. The highest BCUT2D eigenvalue weighted by molar-refractivity contribution is 6.15. The van der Waals surface area contributed by atoms with Crippen molar-refractivity contribution in [2.24, 2.45) is 0 Å². The van der Waals surface area contributed by atoms with Gasteiger partial charge in [0.15, 0.2) is 0 Å². The van der Waals surface area contributed by atoms with E-state index >= 15 is 0 Å². The van der Waals surface area contributed by atoms with Crippen LogP contribution in [-0.4, -0.2) is 16.7 Å². The van der Waals surface area contributed by atoms with Gasteiger partial charge in [-0.25, -0.2) is 4.39 Å². The quantitative estimate of drug-likeness (QED) is 0.810. The standard InChI is InChI=1S/C14H12ClFN2O/c1-17-13-8-10(16)4-7-12(13)14(18(17)15)9-2-5-11(19)6-3-9/h2-8,14,19H,1H3. The molecular weight excluding hydrogens is 267 g/mol. The molecule has 1 aliphatic heterocycles. The average molecular weight is 279 g/mol. The van der Waals surface area contributed by atoms with Gasteiger partial charge >= 0.3 is 0 Å². The van der Waals surface area contributed by atoms with Crippen molar-refractivity contribution >= 4 is 17.5 Å². The molecule has 0 spiro atoms. The van der Waals surface area contributed by atoms with E-state index in [1.165, 1.54) is 16.7 Å². The number of benzene rings is 2. The number of anilines is 1. The fourth-order valence-corrected chi connectivity index (χ4v) is 2.68. The maximum Gasteiger partial charge on any atom is 0.125 e. The van der Waals surface area contributed by atoms with E-state index in [9.17, 15) is 9.50 Å². The van der Waals surface area contributed by atoms with Crippen LogP contribution in [0.2, 0.25) is 0 Å². The summed E-state index contributed by atoms with van der Waals surface area (Å²) in [6.07, 6.45) is 0. The molecule has 2 aromatic rings. The van der Waals surface area contributed by atoms with Gasteiger partial charge in [-0.3, -0.25) is 5.01 Å². The molecule has 0 fully saturated rings. The highest BCUT2D eigenvalue weighted by Gasteiger charge is 2.35. The zero-order valence-corrected chi connectivity index (χ0v) is 11.0. The molecule has 1 heterocycles. The molecule has 1 unspecified atom stereocenters. The Hall–Kier alpha value is -1.78. The van der Waals surface area contributed by atoms with Gasteiger partial charge in [0.05, 0.1) is 11.7 Å². The minimum Gasteiger partial charge on any atom is -0.508 e. The lowest BCUT2D eigenvalue weighted by Crippen LogP contribution is -2.28. The number of hydrogen-bond acceptors (Lipinski definition) is 3. The molecule has 3 nitrogen and oxygen atoms in total. The third-order valence-electron chi connectivity index (χ3n) is 3.34. The number of aromatic hydroxyl groups is 1. The normalized spacial score (nSPS) is 18.7. The first-order valence-corrected chi connectivity index (χ1v) is 6.19. The second-order valence-electron chi connectivity index (χ2n) is 4.51. The van der Waals surface area contributed by atoms with Gasteiger partial charge in [0, 0.05) is 24.4 Å². The van der Waals surface area contributed by atoms with Crippen molar-refractivity contribution in [3.8, 4) is 5.75 Å². The van der Waals surface area contributed by atoms with Crippen LogP contribution >= 0.6 is 11.8 Å². The molecule has 3 rings (SSSR count). The summed E-state index contributed by atoms with van der Waals surface area (Å²) in [5.74, 6) is -0.0856. The minimum atomic E-state index is -0.290. The van der Waals surface area contributed by atoms with E-state index in [-0.39, 0.29) is 17.6 Å². The Balaban J connectivity index is 2.11. The van der Waals surface area contributed by atoms with E-state index in [1.54, 1.807) is 30.3 Å². The highest BCUT2D eigenvalue weighted by atomic mass is 35.5. The molecule has 1 aliphatic rings. The Bertz CT molecular complexity index is 617. The molecule has 0 bridgehead atoms. The third kappa shape index (κ3) is 1.93. The van der Waals surface area contributed by atoms with Crippen molar-refractivity contribution < 1.29 is 9.50 Å². The predicted molar refractivity (Wildman–Crippen MR) is 72.4 cm³/mol. The SMILES string of the molecule is CN1c2cc(F)ccc2C(c2ccc(O)cc2)N1Cl. The molecule has 1 atom stereocenters. The fraction of sp³-hybridized carbons (Fsp3) is 0.143. The van der Waals surface area contributed by atoms with Crippen molar-refractivity contribution in [2.75, 3.05) is 12.1 Å². The van der Waals surface area contributed by atoms with Crippen LogP contribution in [0.1, 0.15) is 17.2 Å². The zero-order valence-electron chi connectivity index (χ0n) is 10.2. The lowest BCUT2D eigenvalue weighted by atomic mass is 9.99. The Morgan fingerprint density at radius 3 is 2.53 bits per heavy atom. The van der Waals surface area contributed by atoms with Gasteiger partial charge in [-0.05, 0) is 29.8 Å². The van der Waals surface area contributed by atoms with E-state index in [1.807, 2.05) is 12.1 Å². The summed E-state index contributed by atoms with van der Waals surface area (Å²) in [6, 6.07) is 11.3. The van der Waals surface area contributed by atoms with Crippen LogP contribution in [0, 0.1) is 5.82 Å². The molecule has 0 amide bonds. The fourth-order valence-electron chi connectivity index (χ4n) is 2.38. The van der Waals surface area contributed by atoms with Gasteiger partial charge in [-0.15, -0.1) is 4.53 Å². The zero-order chi connectivity index (χ0) is 13.6. The van der Waals surface area contributed by atoms with Crippen LogP contribution in [0.5, 0.6) is 5.75 Å². The van der Waals surface area contributed by atoms with Crippen molar-refractivity contribution in [1.29, 1.82) is 0 Å². The molecule has 2 aromatic carbocycles. The molecule has 0 saturated heterocycles. The second-order valence-corrected chi connectivity index (χ2v) is 4.86. The number of fused-ring (bicyclic) bond motifs is 1. The summed E-state index contributed by atoms with van der Waals surface area (Å²) < 4.78 is 14.8. The van der Waals surface area contributed by atoms with Crippen LogP contribution < -0.4 is 5.01 Å². The van der Waals surface area contributed by atoms with Crippen molar-refractivity contribution in [3.05, 3.63) is 59.4 Å². The molecule has 0 radical (unpaired) electrons. The molecule has 5 heteroatoms. The maximum atomic E-state index is 13.3. The topological polar surface area (TPSA) is 26.7 Å². The highest BCUT2D eigenvalue weighted by Crippen LogP contribution is 2.44. The number of halogens is 2. The molecule has 98 valence electrons. The Kier molecular flexibility index (Phi) is 2.84. The van der Waals surface area contributed by atoms with Crippen LogP contribution in [-0.2, 0) is 0 Å². The molecule has 0 aliphatic carbocycles. The summed E-state index contributed by atoms with van der Waals surface area (Å²) in [5.41, 5.74) is 2.61. The van der Waals surface area contributed by atoms with Gasteiger partial charge in [0.1, 0.15) is 11.6 Å². The van der Waals surface area contributed by atoms with Gasteiger partial charge < -0.3 is 5.11 Å². The first kappa shape index (κ1) is 12.3. The van der Waals surface area contributed by atoms with Gasteiger partial charge in [0.2, 0.25) is 0 Å². The summed E-state index contributed by atoms with van der Waals surface area (Å²) in [7, 11) is 1.78. The Morgan fingerprint density at radius 1 is 1.16 bits per heavy atom. The monoisotopic (exact) mass is 278 g/mol. The molecule has 0 saturated carbocycles. The predicted octanol–water partition coefficient (Wildman–Crippen LogP) is 3.44. The lowest BCUT2D eigenvalue weighted by Gasteiger charge is -2.23. The van der Waals surface area contributed by atoms with E-state index in [4.69, 9.17) is 11.8 Å².